The van der Waals surface area contributed by atoms with Gasteiger partial charge in [0.1, 0.15) is 0 Å². The number of carbonyl (C=O) groups excluding carboxylic acids is 1. The second-order valence-corrected chi connectivity index (χ2v) is 6.89. The summed E-state index contributed by atoms with van der Waals surface area (Å²) in [5.41, 5.74) is 2.26. The van der Waals surface area contributed by atoms with Gasteiger partial charge in [0.15, 0.2) is 0 Å². The zero-order valence-electron chi connectivity index (χ0n) is 14.4. The number of hydrogen-bond acceptors (Lipinski definition) is 3. The molecule has 5 nitrogen and oxygen atoms in total. The lowest BCUT2D eigenvalue weighted by Crippen LogP contribution is -2.41. The number of ether oxygens (including phenoxy) is 2. The lowest BCUT2D eigenvalue weighted by molar-refractivity contribution is -0.0390. The number of benzene rings is 1. The average Bonchev–Trinajstić information content (AvgIpc) is 3.45. The van der Waals surface area contributed by atoms with Gasteiger partial charge in [-0.1, -0.05) is 24.3 Å². The van der Waals surface area contributed by atoms with E-state index in [0.717, 1.165) is 37.2 Å². The highest BCUT2D eigenvalue weighted by molar-refractivity contribution is 5.74. The quantitative estimate of drug-likeness (QED) is 0.807. The van der Waals surface area contributed by atoms with Crippen LogP contribution in [0.15, 0.2) is 24.3 Å². The molecule has 1 aliphatic carbocycles. The summed E-state index contributed by atoms with van der Waals surface area (Å²) in [6.45, 7) is 4.86. The van der Waals surface area contributed by atoms with E-state index in [-0.39, 0.29) is 12.1 Å². The summed E-state index contributed by atoms with van der Waals surface area (Å²) in [4.78, 5) is 11.9. The fourth-order valence-corrected chi connectivity index (χ4v) is 2.96. The van der Waals surface area contributed by atoms with Gasteiger partial charge in [0.2, 0.25) is 0 Å². The second-order valence-electron chi connectivity index (χ2n) is 6.89. The first-order valence-corrected chi connectivity index (χ1v) is 9.02. The van der Waals surface area contributed by atoms with E-state index in [9.17, 15) is 4.79 Å². The highest BCUT2D eigenvalue weighted by atomic mass is 16.5. The molecule has 5 heteroatoms. The average molecular weight is 332 g/mol. The lowest BCUT2D eigenvalue weighted by Gasteiger charge is -2.22. The molecule has 1 aromatic carbocycles. The first-order chi connectivity index (χ1) is 11.7. The summed E-state index contributed by atoms with van der Waals surface area (Å²) in [6.07, 6.45) is 4.75. The summed E-state index contributed by atoms with van der Waals surface area (Å²) < 4.78 is 11.3. The van der Waals surface area contributed by atoms with E-state index in [4.69, 9.17) is 9.47 Å². The van der Waals surface area contributed by atoms with Crippen molar-refractivity contribution in [1.82, 2.24) is 10.6 Å². The summed E-state index contributed by atoms with van der Waals surface area (Å²) in [5.74, 6) is 0.672. The Balaban J connectivity index is 1.36. The monoisotopic (exact) mass is 332 g/mol. The Morgan fingerprint density at radius 3 is 2.50 bits per heavy atom. The molecule has 1 heterocycles. The number of rotatable bonds is 7. The molecule has 132 valence electrons. The van der Waals surface area contributed by atoms with Gasteiger partial charge in [-0.2, -0.15) is 0 Å². The predicted octanol–water partition coefficient (Wildman–Crippen LogP) is 2.98. The highest BCUT2D eigenvalue weighted by Crippen LogP contribution is 2.32. The van der Waals surface area contributed by atoms with E-state index >= 15 is 0 Å². The van der Waals surface area contributed by atoms with Gasteiger partial charge in [-0.15, -0.1) is 0 Å². The number of carbonyl (C=O) groups is 1. The third kappa shape index (κ3) is 5.49. The van der Waals surface area contributed by atoms with Gasteiger partial charge in [-0.3, -0.25) is 0 Å². The van der Waals surface area contributed by atoms with Gasteiger partial charge in [0.05, 0.1) is 12.7 Å². The van der Waals surface area contributed by atoms with Crippen molar-refractivity contribution >= 4 is 6.03 Å². The van der Waals surface area contributed by atoms with Crippen molar-refractivity contribution in [2.24, 2.45) is 5.92 Å². The fourth-order valence-electron chi connectivity index (χ4n) is 2.96. The third-order valence-electron chi connectivity index (χ3n) is 4.82. The fraction of sp³-hybridized carbons (Fsp3) is 0.632. The molecule has 1 aliphatic heterocycles. The molecule has 2 N–H and O–H groups in total. The van der Waals surface area contributed by atoms with Crippen molar-refractivity contribution in [3.8, 4) is 0 Å². The number of amides is 2. The molecule has 0 spiro atoms. The minimum absolute atomic E-state index is 0.0821. The Morgan fingerprint density at radius 2 is 1.83 bits per heavy atom. The molecule has 1 saturated carbocycles. The van der Waals surface area contributed by atoms with Crippen LogP contribution in [0.5, 0.6) is 0 Å². The minimum Gasteiger partial charge on any atom is -0.381 e. The van der Waals surface area contributed by atoms with Crippen molar-refractivity contribution in [2.75, 3.05) is 13.2 Å². The molecule has 24 heavy (non-hydrogen) atoms. The van der Waals surface area contributed by atoms with Crippen LogP contribution in [-0.2, 0) is 22.6 Å². The lowest BCUT2D eigenvalue weighted by atomic mass is 10.1. The topological polar surface area (TPSA) is 59.6 Å². The maximum absolute atomic E-state index is 11.9. The van der Waals surface area contributed by atoms with E-state index in [0.29, 0.717) is 25.2 Å². The normalized spacial score (nSPS) is 19.7. The van der Waals surface area contributed by atoms with E-state index in [1.807, 2.05) is 12.1 Å². The van der Waals surface area contributed by atoms with E-state index in [2.05, 4.69) is 29.7 Å². The molecule has 1 aromatic rings. The zero-order chi connectivity index (χ0) is 16.8. The van der Waals surface area contributed by atoms with Crippen molar-refractivity contribution in [1.29, 1.82) is 0 Å². The standard InChI is InChI=1S/C19H28N2O3/c1-14(17-6-7-17)21-19(22)20-12-15-2-4-16(5-3-15)13-24-18-8-10-23-11-9-18/h2-5,14,17-18H,6-13H2,1H3,(H2,20,21,22)/t14-/m0/s1. The van der Waals surface area contributed by atoms with Crippen LogP contribution in [-0.4, -0.2) is 31.4 Å². The molecule has 3 rings (SSSR count). The van der Waals surface area contributed by atoms with Crippen LogP contribution in [0.1, 0.15) is 43.7 Å². The molecular weight excluding hydrogens is 304 g/mol. The Bertz CT molecular complexity index is 522. The van der Waals surface area contributed by atoms with Crippen LogP contribution in [0.3, 0.4) is 0 Å². The molecule has 2 fully saturated rings. The maximum atomic E-state index is 11.9. The molecule has 0 unspecified atom stereocenters. The van der Waals surface area contributed by atoms with Crippen molar-refractivity contribution in [2.45, 2.75) is 57.9 Å². The SMILES string of the molecule is C[C@H](NC(=O)NCc1ccc(COC2CCOCC2)cc1)C1CC1. The Labute approximate surface area is 144 Å². The maximum Gasteiger partial charge on any atom is 0.315 e. The summed E-state index contributed by atoms with van der Waals surface area (Å²) in [7, 11) is 0. The van der Waals surface area contributed by atoms with Crippen molar-refractivity contribution in [3.05, 3.63) is 35.4 Å². The van der Waals surface area contributed by atoms with Gasteiger partial charge in [-0.05, 0) is 49.7 Å². The Hall–Kier alpha value is -1.59. The van der Waals surface area contributed by atoms with Gasteiger partial charge < -0.3 is 20.1 Å². The minimum atomic E-state index is -0.0821. The molecule has 0 radical (unpaired) electrons. The van der Waals surface area contributed by atoms with Gasteiger partial charge in [0.25, 0.3) is 0 Å². The molecule has 1 atom stereocenters. The van der Waals surface area contributed by atoms with Crippen molar-refractivity contribution < 1.29 is 14.3 Å². The molecular formula is C19H28N2O3. The van der Waals surface area contributed by atoms with Crippen LogP contribution in [0.2, 0.25) is 0 Å². The van der Waals surface area contributed by atoms with Gasteiger partial charge in [0, 0.05) is 25.8 Å². The summed E-state index contributed by atoms with van der Waals surface area (Å²) in [6, 6.07) is 8.43. The predicted molar refractivity (Wildman–Crippen MR) is 92.6 cm³/mol. The molecule has 2 aliphatic rings. The van der Waals surface area contributed by atoms with Crippen molar-refractivity contribution in [3.63, 3.8) is 0 Å². The van der Waals surface area contributed by atoms with Gasteiger partial charge >= 0.3 is 6.03 Å². The molecule has 0 bridgehead atoms. The number of hydrogen-bond donors (Lipinski definition) is 2. The summed E-state index contributed by atoms with van der Waals surface area (Å²) >= 11 is 0. The van der Waals surface area contributed by atoms with Crippen LogP contribution in [0.4, 0.5) is 4.79 Å². The van der Waals surface area contributed by atoms with Gasteiger partial charge in [-0.25, -0.2) is 4.79 Å². The zero-order valence-corrected chi connectivity index (χ0v) is 14.4. The van der Waals surface area contributed by atoms with E-state index in [1.54, 1.807) is 0 Å². The number of urea groups is 1. The Morgan fingerprint density at radius 1 is 1.17 bits per heavy atom. The largest absolute Gasteiger partial charge is 0.381 e. The first kappa shape index (κ1) is 17.2. The molecule has 1 saturated heterocycles. The van der Waals surface area contributed by atoms with Crippen LogP contribution in [0.25, 0.3) is 0 Å². The van der Waals surface area contributed by atoms with Crippen LogP contribution >= 0.6 is 0 Å². The third-order valence-corrected chi connectivity index (χ3v) is 4.82. The van der Waals surface area contributed by atoms with Crippen LogP contribution < -0.4 is 10.6 Å². The van der Waals surface area contributed by atoms with E-state index in [1.165, 1.54) is 12.8 Å². The number of nitrogens with one attached hydrogen (secondary N) is 2. The molecule has 2 amide bonds. The van der Waals surface area contributed by atoms with E-state index < -0.39 is 0 Å². The second kappa shape index (κ2) is 8.49. The van der Waals surface area contributed by atoms with Crippen LogP contribution in [0, 0.1) is 5.92 Å². The smallest absolute Gasteiger partial charge is 0.315 e. The molecule has 0 aromatic heterocycles. The highest BCUT2D eigenvalue weighted by Gasteiger charge is 2.28. The summed E-state index contributed by atoms with van der Waals surface area (Å²) in [5, 5.41) is 5.92. The Kier molecular flexibility index (Phi) is 6.10. The first-order valence-electron chi connectivity index (χ1n) is 9.02.